The smallest absolute Gasteiger partial charge is 0.0773 e. The topological polar surface area (TPSA) is 23.5 Å². The molecule has 1 N–H and O–H groups in total. The number of hydrogen-bond donors (Lipinski definition) is 1. The van der Waals surface area contributed by atoms with Gasteiger partial charge in [-0.05, 0) is 26.9 Å². The van der Waals surface area contributed by atoms with E-state index in [0.717, 1.165) is 19.4 Å². The summed E-state index contributed by atoms with van der Waals surface area (Å²) in [5.74, 6) is 0. The zero-order valence-electron chi connectivity index (χ0n) is 8.93. The minimum absolute atomic E-state index is 0.358. The number of nitrogens with zero attached hydrogens (tertiary/aromatic N) is 1. The fourth-order valence-electron chi connectivity index (χ4n) is 1.78. The molecule has 1 rings (SSSR count). The minimum atomic E-state index is -0.358. The second kappa shape index (κ2) is 5.55. The lowest BCUT2D eigenvalue weighted by atomic mass is 10.0. The monoisotopic (exact) mass is 173 g/mol. The van der Waals surface area contributed by atoms with E-state index in [1.54, 1.807) is 0 Å². The van der Waals surface area contributed by atoms with Crippen molar-refractivity contribution in [2.75, 3.05) is 20.6 Å². The van der Waals surface area contributed by atoms with E-state index in [1.807, 2.05) is 27.9 Å². The number of likely N-dealkylation sites (N-methyl/N-ethyl adjacent to an activating group) is 1. The molecule has 74 valence electrons. The summed E-state index contributed by atoms with van der Waals surface area (Å²) < 4.78 is 0. The van der Waals surface area contributed by atoms with Gasteiger partial charge in [0, 0.05) is 6.54 Å². The van der Waals surface area contributed by atoms with Crippen molar-refractivity contribution in [3.63, 3.8) is 0 Å². The number of rotatable bonds is 2. The molecule has 0 atom stereocenters. The van der Waals surface area contributed by atoms with Gasteiger partial charge in [0.25, 0.3) is 0 Å². The Bertz CT molecular complexity index is 106. The van der Waals surface area contributed by atoms with Gasteiger partial charge in [-0.2, -0.15) is 0 Å². The minimum Gasteiger partial charge on any atom is -0.389 e. The van der Waals surface area contributed by atoms with E-state index in [4.69, 9.17) is 0 Å². The molecule has 0 unspecified atom stereocenters. The first kappa shape index (κ1) is 11.9. The molecule has 0 aromatic carbocycles. The largest absolute Gasteiger partial charge is 0.389 e. The van der Waals surface area contributed by atoms with Crippen LogP contribution in [0, 0.1) is 0 Å². The summed E-state index contributed by atoms with van der Waals surface area (Å²) in [5.41, 5.74) is -0.358. The van der Waals surface area contributed by atoms with Gasteiger partial charge in [0.1, 0.15) is 0 Å². The zero-order valence-corrected chi connectivity index (χ0v) is 8.93. The molecule has 0 saturated heterocycles. The van der Waals surface area contributed by atoms with Crippen LogP contribution in [-0.4, -0.2) is 36.2 Å². The normalized spacial score (nSPS) is 20.5. The molecule has 0 radical (unpaired) electrons. The molecule has 0 heterocycles. The lowest BCUT2D eigenvalue weighted by Crippen LogP contribution is -2.37. The molecule has 0 amide bonds. The first-order chi connectivity index (χ1) is 5.62. The molecule has 2 nitrogen and oxygen atoms in total. The van der Waals surface area contributed by atoms with Crippen LogP contribution < -0.4 is 0 Å². The van der Waals surface area contributed by atoms with E-state index < -0.39 is 0 Å². The van der Waals surface area contributed by atoms with Crippen molar-refractivity contribution in [2.45, 2.75) is 45.1 Å². The first-order valence-electron chi connectivity index (χ1n) is 4.99. The maximum absolute atomic E-state index is 9.82. The van der Waals surface area contributed by atoms with Crippen molar-refractivity contribution in [2.24, 2.45) is 0 Å². The van der Waals surface area contributed by atoms with Crippen LogP contribution in [0.5, 0.6) is 0 Å². The third kappa shape index (κ3) is 4.07. The molecule has 0 aliphatic heterocycles. The molecule has 0 aromatic heterocycles. The Balaban J connectivity index is 0.000000561. The van der Waals surface area contributed by atoms with E-state index in [1.165, 1.54) is 12.8 Å². The summed E-state index contributed by atoms with van der Waals surface area (Å²) >= 11 is 0. The third-order valence-electron chi connectivity index (χ3n) is 2.14. The van der Waals surface area contributed by atoms with Crippen molar-refractivity contribution >= 4 is 0 Å². The van der Waals surface area contributed by atoms with Crippen molar-refractivity contribution in [1.82, 2.24) is 4.90 Å². The summed E-state index contributed by atoms with van der Waals surface area (Å²) in [4.78, 5) is 2.06. The Morgan fingerprint density at radius 3 is 1.92 bits per heavy atom. The quantitative estimate of drug-likeness (QED) is 0.689. The van der Waals surface area contributed by atoms with Gasteiger partial charge in [-0.25, -0.2) is 0 Å². The van der Waals surface area contributed by atoms with Gasteiger partial charge in [-0.15, -0.1) is 0 Å². The van der Waals surface area contributed by atoms with Crippen LogP contribution in [0.3, 0.4) is 0 Å². The molecule has 1 aliphatic rings. The zero-order chi connectivity index (χ0) is 9.61. The van der Waals surface area contributed by atoms with E-state index in [2.05, 4.69) is 4.90 Å². The predicted molar refractivity (Wildman–Crippen MR) is 53.3 cm³/mol. The highest BCUT2D eigenvalue weighted by Gasteiger charge is 2.31. The molecule has 2 heteroatoms. The molecular formula is C10H23NO. The van der Waals surface area contributed by atoms with Crippen LogP contribution in [0.25, 0.3) is 0 Å². The summed E-state index contributed by atoms with van der Waals surface area (Å²) in [5, 5.41) is 9.82. The first-order valence-corrected chi connectivity index (χ1v) is 4.99. The van der Waals surface area contributed by atoms with E-state index in [-0.39, 0.29) is 5.60 Å². The van der Waals surface area contributed by atoms with Crippen LogP contribution in [-0.2, 0) is 0 Å². The van der Waals surface area contributed by atoms with E-state index in [9.17, 15) is 5.11 Å². The van der Waals surface area contributed by atoms with Gasteiger partial charge < -0.3 is 10.0 Å². The standard InChI is InChI=1S/C8H17NO.C2H6/c1-9(2)7-8(10)5-3-4-6-8;1-2/h10H,3-7H2,1-2H3;1-2H3. The average Bonchev–Trinajstić information content (AvgIpc) is 2.38. The van der Waals surface area contributed by atoms with Gasteiger partial charge in [0.15, 0.2) is 0 Å². The summed E-state index contributed by atoms with van der Waals surface area (Å²) in [6, 6.07) is 0. The Morgan fingerprint density at radius 1 is 1.17 bits per heavy atom. The lowest BCUT2D eigenvalue weighted by molar-refractivity contribution is 0.0225. The third-order valence-corrected chi connectivity index (χ3v) is 2.14. The highest BCUT2D eigenvalue weighted by atomic mass is 16.3. The Morgan fingerprint density at radius 2 is 1.58 bits per heavy atom. The van der Waals surface area contributed by atoms with Crippen molar-refractivity contribution in [1.29, 1.82) is 0 Å². The second-order valence-electron chi connectivity index (χ2n) is 3.67. The van der Waals surface area contributed by atoms with Gasteiger partial charge in [0.05, 0.1) is 5.60 Å². The van der Waals surface area contributed by atoms with Crippen molar-refractivity contribution < 1.29 is 5.11 Å². The fourth-order valence-corrected chi connectivity index (χ4v) is 1.78. The summed E-state index contributed by atoms with van der Waals surface area (Å²) in [7, 11) is 4.02. The second-order valence-corrected chi connectivity index (χ2v) is 3.67. The predicted octanol–water partition coefficient (Wildman–Crippen LogP) is 1.88. The van der Waals surface area contributed by atoms with Crippen LogP contribution in [0.2, 0.25) is 0 Å². The highest BCUT2D eigenvalue weighted by molar-refractivity contribution is 4.85. The molecular weight excluding hydrogens is 150 g/mol. The van der Waals surface area contributed by atoms with Gasteiger partial charge in [-0.3, -0.25) is 0 Å². The lowest BCUT2D eigenvalue weighted by Gasteiger charge is -2.25. The molecule has 1 aliphatic carbocycles. The van der Waals surface area contributed by atoms with Crippen molar-refractivity contribution in [3.8, 4) is 0 Å². The maximum Gasteiger partial charge on any atom is 0.0773 e. The molecule has 0 aromatic rings. The van der Waals surface area contributed by atoms with Gasteiger partial charge >= 0.3 is 0 Å². The molecule has 12 heavy (non-hydrogen) atoms. The molecule has 1 saturated carbocycles. The number of aliphatic hydroxyl groups is 1. The average molecular weight is 173 g/mol. The SMILES string of the molecule is CC.CN(C)CC1(O)CCCC1. The Kier molecular flexibility index (Phi) is 5.51. The summed E-state index contributed by atoms with van der Waals surface area (Å²) in [6.45, 7) is 4.83. The van der Waals surface area contributed by atoms with Gasteiger partial charge in [0.2, 0.25) is 0 Å². The molecule has 0 bridgehead atoms. The van der Waals surface area contributed by atoms with Gasteiger partial charge in [-0.1, -0.05) is 26.7 Å². The highest BCUT2D eigenvalue weighted by Crippen LogP contribution is 2.29. The van der Waals surface area contributed by atoms with Crippen LogP contribution >= 0.6 is 0 Å². The molecule has 0 spiro atoms. The van der Waals surface area contributed by atoms with Crippen molar-refractivity contribution in [3.05, 3.63) is 0 Å². The Hall–Kier alpha value is -0.0800. The molecule has 1 fully saturated rings. The maximum atomic E-state index is 9.82. The Labute approximate surface area is 76.6 Å². The summed E-state index contributed by atoms with van der Waals surface area (Å²) in [6.07, 6.45) is 4.38. The number of hydrogen-bond acceptors (Lipinski definition) is 2. The van der Waals surface area contributed by atoms with E-state index >= 15 is 0 Å². The fraction of sp³-hybridized carbons (Fsp3) is 1.00. The van der Waals surface area contributed by atoms with Crippen LogP contribution in [0.1, 0.15) is 39.5 Å². The van der Waals surface area contributed by atoms with E-state index in [0.29, 0.717) is 0 Å². The van der Waals surface area contributed by atoms with Crippen LogP contribution in [0.4, 0.5) is 0 Å². The van der Waals surface area contributed by atoms with Crippen LogP contribution in [0.15, 0.2) is 0 Å².